The summed E-state index contributed by atoms with van der Waals surface area (Å²) in [5.74, 6) is -2.30. The van der Waals surface area contributed by atoms with Crippen molar-refractivity contribution in [2.24, 2.45) is 0 Å². The van der Waals surface area contributed by atoms with Crippen LogP contribution in [-0.4, -0.2) is 26.5 Å². The van der Waals surface area contributed by atoms with Crippen molar-refractivity contribution in [3.63, 3.8) is 0 Å². The van der Waals surface area contributed by atoms with E-state index >= 15 is 0 Å². The Bertz CT molecular complexity index is 978. The second-order valence-electron chi connectivity index (χ2n) is 4.60. The zero-order valence-corrected chi connectivity index (χ0v) is 12.6. The van der Waals surface area contributed by atoms with Gasteiger partial charge in [0.2, 0.25) is 4.96 Å². The Balaban J connectivity index is 2.16. The fraction of sp³-hybridized carbons (Fsp3) is 0.0714. The van der Waals surface area contributed by atoms with E-state index in [0.29, 0.717) is 5.69 Å². The number of hydrogen-bond acceptors (Lipinski definition) is 7. The second-order valence-corrected chi connectivity index (χ2v) is 5.57. The summed E-state index contributed by atoms with van der Waals surface area (Å²) in [5.41, 5.74) is -0.655. The van der Waals surface area contributed by atoms with Crippen LogP contribution in [0.5, 0.6) is 0 Å². The van der Waals surface area contributed by atoms with Gasteiger partial charge >= 0.3 is 0 Å². The fourth-order valence-corrected chi connectivity index (χ4v) is 2.95. The van der Waals surface area contributed by atoms with Crippen LogP contribution in [0.25, 0.3) is 4.96 Å². The van der Waals surface area contributed by atoms with Gasteiger partial charge < -0.3 is 15.2 Å². The van der Waals surface area contributed by atoms with E-state index in [4.69, 9.17) is 0 Å². The third-order valence-electron chi connectivity index (χ3n) is 3.05. The summed E-state index contributed by atoms with van der Waals surface area (Å²) in [4.78, 5) is 35.7. The van der Waals surface area contributed by atoms with Crippen molar-refractivity contribution in [2.45, 2.75) is 6.92 Å². The van der Waals surface area contributed by atoms with E-state index in [1.807, 2.05) is 0 Å². The van der Waals surface area contributed by atoms with E-state index in [-0.39, 0.29) is 15.5 Å². The van der Waals surface area contributed by atoms with Gasteiger partial charge in [0.15, 0.2) is 0 Å². The van der Waals surface area contributed by atoms with Gasteiger partial charge in [0.1, 0.15) is 10.6 Å². The lowest BCUT2D eigenvalue weighted by atomic mass is 10.3. The number of amides is 1. The number of aromatic carboxylic acids is 1. The molecule has 0 radical (unpaired) electrons. The van der Waals surface area contributed by atoms with Gasteiger partial charge in [0, 0.05) is 5.69 Å². The number of carboxylic acid groups (broad SMARTS) is 1. The summed E-state index contributed by atoms with van der Waals surface area (Å²) >= 11 is 0.759. The lowest BCUT2D eigenvalue weighted by Gasteiger charge is -2.07. The number of nitrogens with one attached hydrogen (secondary N) is 1. The molecule has 1 N–H and O–H groups in total. The average Bonchev–Trinajstić information content (AvgIpc) is 2.92. The molecule has 9 heteroatoms. The molecular formula is C14H9N4O4S-. The van der Waals surface area contributed by atoms with Crippen molar-refractivity contribution in [3.05, 3.63) is 57.0 Å². The quantitative estimate of drug-likeness (QED) is 0.727. The van der Waals surface area contributed by atoms with E-state index in [9.17, 15) is 19.5 Å². The molecule has 0 fully saturated rings. The topological polar surface area (TPSA) is 116 Å². The molecule has 0 saturated carbocycles. The van der Waals surface area contributed by atoms with Crippen LogP contribution in [0, 0.1) is 6.92 Å². The van der Waals surface area contributed by atoms with Gasteiger partial charge in [-0.2, -0.15) is 0 Å². The number of rotatable bonds is 3. The first-order valence-corrected chi connectivity index (χ1v) is 7.27. The number of aromatic nitrogens is 3. The maximum atomic E-state index is 12.3. The van der Waals surface area contributed by atoms with Gasteiger partial charge in [0.25, 0.3) is 11.5 Å². The standard InChI is InChI=1S/C14H10N4O4S/c1-7-12(20)18-9(13(21)22)10(23-14(18)17-16-7)11(19)15-8-5-3-2-4-6-8/h2-6H,1H3,(H,15,19)(H,21,22)/p-1. The van der Waals surface area contributed by atoms with Crippen LogP contribution < -0.4 is 16.0 Å². The minimum Gasteiger partial charge on any atom is -0.543 e. The molecule has 0 spiro atoms. The van der Waals surface area contributed by atoms with Crippen molar-refractivity contribution in [3.8, 4) is 0 Å². The van der Waals surface area contributed by atoms with Crippen LogP contribution in [-0.2, 0) is 0 Å². The minimum atomic E-state index is -1.64. The number of aryl methyl sites for hydroxylation is 1. The molecule has 1 aromatic carbocycles. The maximum absolute atomic E-state index is 12.3. The van der Waals surface area contributed by atoms with Gasteiger partial charge in [0.05, 0.1) is 11.7 Å². The number of nitrogens with zero attached hydrogens (tertiary/aromatic N) is 3. The lowest BCUT2D eigenvalue weighted by Crippen LogP contribution is -2.31. The molecule has 3 rings (SSSR count). The Morgan fingerprint density at radius 2 is 1.91 bits per heavy atom. The molecule has 1 amide bonds. The van der Waals surface area contributed by atoms with Crippen molar-refractivity contribution in [1.29, 1.82) is 0 Å². The summed E-state index contributed by atoms with van der Waals surface area (Å²) in [6, 6.07) is 8.53. The molecule has 116 valence electrons. The number of para-hydroxylation sites is 1. The van der Waals surface area contributed by atoms with Crippen LogP contribution in [0.1, 0.15) is 25.9 Å². The summed E-state index contributed by atoms with van der Waals surface area (Å²) in [6.07, 6.45) is 0. The van der Waals surface area contributed by atoms with Crippen molar-refractivity contribution in [1.82, 2.24) is 14.6 Å². The predicted octanol–water partition coefficient (Wildman–Crippen LogP) is 0.0752. The molecule has 2 heterocycles. The number of benzene rings is 1. The number of fused-ring (bicyclic) bond motifs is 1. The Labute approximate surface area is 133 Å². The molecule has 23 heavy (non-hydrogen) atoms. The predicted molar refractivity (Wildman–Crippen MR) is 80.6 cm³/mol. The van der Waals surface area contributed by atoms with Gasteiger partial charge in [-0.25, -0.2) is 4.40 Å². The van der Waals surface area contributed by atoms with Crippen LogP contribution in [0.4, 0.5) is 5.69 Å². The molecule has 0 aliphatic carbocycles. The van der Waals surface area contributed by atoms with Gasteiger partial charge in [-0.15, -0.1) is 10.2 Å². The average molecular weight is 329 g/mol. The molecule has 0 bridgehead atoms. The van der Waals surface area contributed by atoms with Gasteiger partial charge in [-0.1, -0.05) is 29.5 Å². The second kappa shape index (κ2) is 5.61. The Morgan fingerprint density at radius 1 is 1.22 bits per heavy atom. The highest BCUT2D eigenvalue weighted by Gasteiger charge is 2.22. The monoisotopic (exact) mass is 329 g/mol. The van der Waals surface area contributed by atoms with Crippen LogP contribution in [0.3, 0.4) is 0 Å². The molecule has 0 unspecified atom stereocenters. The number of carbonyl (C=O) groups is 2. The van der Waals surface area contributed by atoms with Crippen LogP contribution in [0.2, 0.25) is 0 Å². The van der Waals surface area contributed by atoms with Crippen LogP contribution in [0.15, 0.2) is 35.1 Å². The SMILES string of the molecule is Cc1nnc2sc(C(=O)Nc3ccccc3)c(C(=O)[O-])n2c1=O. The molecule has 2 aromatic heterocycles. The molecule has 0 aliphatic rings. The van der Waals surface area contributed by atoms with E-state index in [1.165, 1.54) is 6.92 Å². The molecule has 0 aliphatic heterocycles. The summed E-state index contributed by atoms with van der Waals surface area (Å²) in [5, 5.41) is 21.4. The van der Waals surface area contributed by atoms with E-state index < -0.39 is 23.1 Å². The normalized spacial score (nSPS) is 10.7. The van der Waals surface area contributed by atoms with Crippen LogP contribution >= 0.6 is 11.3 Å². The zero-order valence-electron chi connectivity index (χ0n) is 11.8. The summed E-state index contributed by atoms with van der Waals surface area (Å²) < 4.78 is 0.836. The van der Waals surface area contributed by atoms with Crippen molar-refractivity contribution < 1.29 is 14.7 Å². The van der Waals surface area contributed by atoms with Gasteiger partial charge in [-0.05, 0) is 19.1 Å². The number of hydrogen-bond donors (Lipinski definition) is 1. The smallest absolute Gasteiger partial charge is 0.280 e. The molecular weight excluding hydrogens is 320 g/mol. The van der Waals surface area contributed by atoms with E-state index in [2.05, 4.69) is 15.5 Å². The third kappa shape index (κ3) is 2.57. The first kappa shape index (κ1) is 14.9. The number of anilines is 1. The zero-order chi connectivity index (χ0) is 16.6. The third-order valence-corrected chi connectivity index (χ3v) is 4.08. The highest BCUT2D eigenvalue weighted by Crippen LogP contribution is 2.21. The van der Waals surface area contributed by atoms with E-state index in [1.54, 1.807) is 30.3 Å². The minimum absolute atomic E-state index is 0.0120. The van der Waals surface area contributed by atoms with Gasteiger partial charge in [-0.3, -0.25) is 9.59 Å². The van der Waals surface area contributed by atoms with E-state index in [0.717, 1.165) is 15.7 Å². The Morgan fingerprint density at radius 3 is 2.57 bits per heavy atom. The summed E-state index contributed by atoms with van der Waals surface area (Å²) in [7, 11) is 0. The number of thiazole rings is 1. The lowest BCUT2D eigenvalue weighted by molar-refractivity contribution is -0.255. The molecule has 0 saturated heterocycles. The number of carbonyl (C=O) groups excluding carboxylic acids is 2. The van der Waals surface area contributed by atoms with Crippen molar-refractivity contribution >= 4 is 33.9 Å². The highest BCUT2D eigenvalue weighted by atomic mass is 32.1. The molecule has 0 atom stereocenters. The fourth-order valence-electron chi connectivity index (χ4n) is 2.01. The molecule has 8 nitrogen and oxygen atoms in total. The summed E-state index contributed by atoms with van der Waals surface area (Å²) in [6.45, 7) is 1.40. The first-order valence-electron chi connectivity index (χ1n) is 6.45. The Kier molecular flexibility index (Phi) is 3.62. The van der Waals surface area contributed by atoms with Crippen molar-refractivity contribution in [2.75, 3.05) is 5.32 Å². The highest BCUT2D eigenvalue weighted by molar-refractivity contribution is 7.19. The number of carboxylic acids is 1. The Hall–Kier alpha value is -3.07. The largest absolute Gasteiger partial charge is 0.543 e. The molecule has 3 aromatic rings. The first-order chi connectivity index (χ1) is 11.0. The maximum Gasteiger partial charge on any atom is 0.280 e.